The molecule has 5 nitrogen and oxygen atoms in total. The number of aliphatic imine (C=N–C) groups is 1. The van der Waals surface area contributed by atoms with E-state index in [0.717, 1.165) is 37.4 Å². The highest BCUT2D eigenvalue weighted by molar-refractivity contribution is 5.79. The summed E-state index contributed by atoms with van der Waals surface area (Å²) in [5.74, 6) is 1.76. The summed E-state index contributed by atoms with van der Waals surface area (Å²) >= 11 is 0. The first-order valence-electron chi connectivity index (χ1n) is 9.05. The quantitative estimate of drug-likeness (QED) is 0.539. The Labute approximate surface area is 146 Å². The van der Waals surface area contributed by atoms with E-state index in [9.17, 15) is 0 Å². The zero-order chi connectivity index (χ0) is 17.4. The lowest BCUT2D eigenvalue weighted by Crippen LogP contribution is -2.43. The van der Waals surface area contributed by atoms with Gasteiger partial charge in [-0.3, -0.25) is 4.90 Å². The van der Waals surface area contributed by atoms with Crippen LogP contribution >= 0.6 is 0 Å². The highest BCUT2D eigenvalue weighted by Crippen LogP contribution is 2.27. The Morgan fingerprint density at radius 2 is 1.96 bits per heavy atom. The lowest BCUT2D eigenvalue weighted by atomic mass is 10.2. The number of rotatable bonds is 9. The van der Waals surface area contributed by atoms with E-state index in [-0.39, 0.29) is 0 Å². The van der Waals surface area contributed by atoms with Crippen molar-refractivity contribution in [2.45, 2.75) is 52.2 Å². The molecule has 1 aliphatic carbocycles. The number of ether oxygens (including phenoxy) is 1. The molecule has 0 radical (unpaired) electrons. The molecule has 1 fully saturated rings. The molecule has 24 heavy (non-hydrogen) atoms. The second-order valence-electron chi connectivity index (χ2n) is 6.53. The van der Waals surface area contributed by atoms with E-state index >= 15 is 0 Å². The van der Waals surface area contributed by atoms with Crippen molar-refractivity contribution in [2.24, 2.45) is 4.99 Å². The first-order valence-corrected chi connectivity index (χ1v) is 9.05. The minimum Gasteiger partial charge on any atom is -0.497 e. The molecule has 2 N–H and O–H groups in total. The third-order valence-electron chi connectivity index (χ3n) is 4.26. The monoisotopic (exact) mass is 332 g/mol. The van der Waals surface area contributed by atoms with E-state index < -0.39 is 0 Å². The van der Waals surface area contributed by atoms with Crippen molar-refractivity contribution >= 4 is 5.96 Å². The van der Waals surface area contributed by atoms with Crippen molar-refractivity contribution in [1.82, 2.24) is 15.5 Å². The number of methoxy groups -OCH3 is 1. The molecule has 0 heterocycles. The van der Waals surface area contributed by atoms with Crippen molar-refractivity contribution in [2.75, 3.05) is 26.7 Å². The molecule has 0 aromatic heterocycles. The van der Waals surface area contributed by atoms with Crippen molar-refractivity contribution < 1.29 is 4.74 Å². The molecule has 0 atom stereocenters. The summed E-state index contributed by atoms with van der Waals surface area (Å²) in [5, 5.41) is 6.77. The summed E-state index contributed by atoms with van der Waals surface area (Å²) in [6.07, 6.45) is 2.70. The second-order valence-corrected chi connectivity index (χ2v) is 6.53. The van der Waals surface area contributed by atoms with Crippen molar-refractivity contribution in [3.63, 3.8) is 0 Å². The number of hydrogen-bond acceptors (Lipinski definition) is 3. The first kappa shape index (κ1) is 18.6. The van der Waals surface area contributed by atoms with Crippen LogP contribution in [0, 0.1) is 0 Å². The molecule has 1 aliphatic rings. The van der Waals surface area contributed by atoms with Gasteiger partial charge in [-0.15, -0.1) is 0 Å². The number of nitrogens with zero attached hydrogens (tertiary/aromatic N) is 2. The molecule has 2 rings (SSSR count). The van der Waals surface area contributed by atoms with E-state index in [0.29, 0.717) is 12.6 Å². The number of guanidine groups is 1. The van der Waals surface area contributed by atoms with Crippen LogP contribution in [0.15, 0.2) is 29.3 Å². The summed E-state index contributed by atoms with van der Waals surface area (Å²) in [5.41, 5.74) is 1.18. The maximum absolute atomic E-state index is 5.19. The van der Waals surface area contributed by atoms with Crippen LogP contribution in [-0.4, -0.2) is 49.7 Å². The molecular formula is C19H32N4O. The van der Waals surface area contributed by atoms with Crippen LogP contribution in [0.5, 0.6) is 5.75 Å². The smallest absolute Gasteiger partial charge is 0.191 e. The van der Waals surface area contributed by atoms with Gasteiger partial charge in [-0.25, -0.2) is 4.99 Å². The number of hydrogen-bond donors (Lipinski definition) is 2. The van der Waals surface area contributed by atoms with Crippen LogP contribution in [0.3, 0.4) is 0 Å². The lowest BCUT2D eigenvalue weighted by Gasteiger charge is -2.26. The number of benzene rings is 1. The molecule has 5 heteroatoms. The second kappa shape index (κ2) is 9.52. The average molecular weight is 332 g/mol. The summed E-state index contributed by atoms with van der Waals surface area (Å²) in [4.78, 5) is 7.26. The molecule has 0 aliphatic heterocycles. The zero-order valence-corrected chi connectivity index (χ0v) is 15.5. The molecule has 0 unspecified atom stereocenters. The SMILES string of the molecule is CCNC(=NCc1ccc(OC)cc1)NCCN(C(C)C)C1CC1. The Kier molecular flexibility index (Phi) is 7.37. The molecule has 1 aromatic rings. The van der Waals surface area contributed by atoms with Crippen molar-refractivity contribution in [3.05, 3.63) is 29.8 Å². The molecule has 0 spiro atoms. The van der Waals surface area contributed by atoms with Gasteiger partial charge in [-0.1, -0.05) is 12.1 Å². The van der Waals surface area contributed by atoms with Crippen LogP contribution in [0.1, 0.15) is 39.2 Å². The van der Waals surface area contributed by atoms with Crippen molar-refractivity contribution in [1.29, 1.82) is 0 Å². The summed E-state index contributed by atoms with van der Waals surface area (Å²) < 4.78 is 5.19. The molecule has 1 aromatic carbocycles. The highest BCUT2D eigenvalue weighted by Gasteiger charge is 2.30. The number of nitrogens with one attached hydrogen (secondary N) is 2. The summed E-state index contributed by atoms with van der Waals surface area (Å²) in [6.45, 7) is 10.2. The molecular weight excluding hydrogens is 300 g/mol. The third kappa shape index (κ3) is 6.04. The van der Waals surface area contributed by atoms with Crippen LogP contribution in [0.25, 0.3) is 0 Å². The Morgan fingerprint density at radius 3 is 2.50 bits per heavy atom. The largest absolute Gasteiger partial charge is 0.497 e. The Hall–Kier alpha value is -1.75. The fraction of sp³-hybridized carbons (Fsp3) is 0.632. The van der Waals surface area contributed by atoms with E-state index in [4.69, 9.17) is 4.74 Å². The Balaban J connectivity index is 1.83. The van der Waals surface area contributed by atoms with Gasteiger partial charge in [0.25, 0.3) is 0 Å². The predicted molar refractivity (Wildman–Crippen MR) is 101 cm³/mol. The lowest BCUT2D eigenvalue weighted by molar-refractivity contribution is 0.215. The third-order valence-corrected chi connectivity index (χ3v) is 4.26. The minimum atomic E-state index is 0.609. The highest BCUT2D eigenvalue weighted by atomic mass is 16.5. The van der Waals surface area contributed by atoms with Gasteiger partial charge in [0.1, 0.15) is 5.75 Å². The van der Waals surface area contributed by atoms with Crippen LogP contribution in [-0.2, 0) is 6.54 Å². The van der Waals surface area contributed by atoms with Crippen LogP contribution in [0.4, 0.5) is 0 Å². The summed E-state index contributed by atoms with van der Waals surface area (Å²) in [7, 11) is 1.68. The fourth-order valence-corrected chi connectivity index (χ4v) is 2.82. The van der Waals surface area contributed by atoms with E-state index in [1.807, 2.05) is 12.1 Å². The maximum Gasteiger partial charge on any atom is 0.191 e. The fourth-order valence-electron chi connectivity index (χ4n) is 2.82. The van der Waals surface area contributed by atoms with Gasteiger partial charge in [-0.2, -0.15) is 0 Å². The van der Waals surface area contributed by atoms with Crippen molar-refractivity contribution in [3.8, 4) is 5.75 Å². The van der Waals surface area contributed by atoms with E-state index in [1.54, 1.807) is 7.11 Å². The maximum atomic E-state index is 5.19. The van der Waals surface area contributed by atoms with Gasteiger partial charge in [0.15, 0.2) is 5.96 Å². The van der Waals surface area contributed by atoms with Gasteiger partial charge >= 0.3 is 0 Å². The molecule has 0 amide bonds. The standard InChI is InChI=1S/C19H32N4O/c1-5-20-19(21-12-13-23(15(2)3)17-8-9-17)22-14-16-6-10-18(24-4)11-7-16/h6-7,10-11,15,17H,5,8-9,12-14H2,1-4H3,(H2,20,21,22). The molecule has 0 saturated heterocycles. The van der Waals surface area contributed by atoms with Gasteiger partial charge in [0.2, 0.25) is 0 Å². The van der Waals surface area contributed by atoms with Gasteiger partial charge in [0, 0.05) is 31.7 Å². The Bertz CT molecular complexity index is 507. The van der Waals surface area contributed by atoms with Crippen LogP contribution < -0.4 is 15.4 Å². The molecule has 134 valence electrons. The first-order chi connectivity index (χ1) is 11.6. The zero-order valence-electron chi connectivity index (χ0n) is 15.5. The van der Waals surface area contributed by atoms with E-state index in [2.05, 4.69) is 53.4 Å². The average Bonchev–Trinajstić information content (AvgIpc) is 3.41. The van der Waals surface area contributed by atoms with Crippen LogP contribution in [0.2, 0.25) is 0 Å². The Morgan fingerprint density at radius 1 is 1.25 bits per heavy atom. The van der Waals surface area contributed by atoms with Gasteiger partial charge < -0.3 is 15.4 Å². The topological polar surface area (TPSA) is 48.9 Å². The van der Waals surface area contributed by atoms with Gasteiger partial charge in [-0.05, 0) is 51.3 Å². The molecule has 0 bridgehead atoms. The van der Waals surface area contributed by atoms with Gasteiger partial charge in [0.05, 0.1) is 13.7 Å². The molecule has 1 saturated carbocycles. The summed E-state index contributed by atoms with van der Waals surface area (Å²) in [6, 6.07) is 9.46. The predicted octanol–water partition coefficient (Wildman–Crippen LogP) is 2.62. The minimum absolute atomic E-state index is 0.609. The van der Waals surface area contributed by atoms with E-state index in [1.165, 1.54) is 18.4 Å². The normalized spacial score (nSPS) is 15.0.